The van der Waals surface area contributed by atoms with Crippen molar-refractivity contribution in [1.82, 2.24) is 24.9 Å². The van der Waals surface area contributed by atoms with E-state index in [1.54, 1.807) is 6.20 Å². The number of hydrogen-bond donors (Lipinski definition) is 1. The summed E-state index contributed by atoms with van der Waals surface area (Å²) in [6.07, 6.45) is 7.28. The molecule has 3 aliphatic rings. The minimum atomic E-state index is 0.271. The molecular weight excluding hydrogens is 394 g/mol. The second-order valence-corrected chi connectivity index (χ2v) is 8.74. The van der Waals surface area contributed by atoms with Crippen LogP contribution >= 0.6 is 0 Å². The number of nitrogens with zero attached hydrogens (tertiary/aromatic N) is 4. The summed E-state index contributed by atoms with van der Waals surface area (Å²) in [6.45, 7) is 7.25. The summed E-state index contributed by atoms with van der Waals surface area (Å²) in [7, 11) is 0. The quantitative estimate of drug-likeness (QED) is 0.762. The van der Waals surface area contributed by atoms with E-state index in [1.807, 2.05) is 12.3 Å². The fraction of sp³-hybridized carbons (Fsp3) is 0.565. The van der Waals surface area contributed by atoms with Gasteiger partial charge in [-0.3, -0.25) is 19.7 Å². The fourth-order valence-corrected chi connectivity index (χ4v) is 4.89. The van der Waals surface area contributed by atoms with Gasteiger partial charge >= 0.3 is 0 Å². The van der Waals surface area contributed by atoms with Crippen LogP contribution in [0.15, 0.2) is 30.6 Å². The van der Waals surface area contributed by atoms with E-state index in [-0.39, 0.29) is 5.91 Å². The maximum absolute atomic E-state index is 12.7. The smallest absolute Gasteiger partial charge is 0.231 e. The van der Waals surface area contributed by atoms with Crippen LogP contribution in [0.25, 0.3) is 0 Å². The van der Waals surface area contributed by atoms with Crippen molar-refractivity contribution in [2.75, 3.05) is 46.1 Å². The molecule has 0 saturated carbocycles. The van der Waals surface area contributed by atoms with Gasteiger partial charge in [0, 0.05) is 64.5 Å². The van der Waals surface area contributed by atoms with E-state index in [1.165, 1.54) is 12.0 Å². The van der Waals surface area contributed by atoms with E-state index in [4.69, 9.17) is 9.47 Å². The van der Waals surface area contributed by atoms with Gasteiger partial charge in [0.15, 0.2) is 11.5 Å². The molecule has 3 aliphatic heterocycles. The first-order valence-electron chi connectivity index (χ1n) is 11.3. The van der Waals surface area contributed by atoms with Gasteiger partial charge in [-0.25, -0.2) is 0 Å². The molecule has 1 aromatic heterocycles. The molecule has 0 radical (unpaired) electrons. The molecule has 0 spiro atoms. The van der Waals surface area contributed by atoms with Gasteiger partial charge < -0.3 is 14.4 Å². The molecule has 4 heterocycles. The molecule has 1 aromatic carbocycles. The van der Waals surface area contributed by atoms with Gasteiger partial charge in [-0.05, 0) is 42.5 Å². The zero-order valence-corrected chi connectivity index (χ0v) is 18.0. The standard InChI is InChI=1S/C23H31N5O3/c29-23(6-4-19-13-24-25-14-19)28-7-1-2-20(16-28)27-10-8-26(9-11-27)15-18-3-5-21-22(12-18)31-17-30-21/h3,5,12-14,20H,1-2,4,6-11,15-17H2,(H,24,25)/t20-/m0/s1. The van der Waals surface area contributed by atoms with Crippen LogP contribution in [0.1, 0.15) is 30.4 Å². The number of piperidine rings is 1. The molecule has 1 N–H and O–H groups in total. The molecule has 0 bridgehead atoms. The van der Waals surface area contributed by atoms with E-state index < -0.39 is 0 Å². The van der Waals surface area contributed by atoms with E-state index in [0.717, 1.165) is 75.7 Å². The SMILES string of the molecule is O=C(CCc1cn[nH]c1)N1CCC[C@H](N2CCN(Cc3ccc4c(c3)OCO4)CC2)C1. The predicted molar refractivity (Wildman–Crippen MR) is 116 cm³/mol. The Kier molecular flexibility index (Phi) is 6.08. The lowest BCUT2D eigenvalue weighted by atomic mass is 10.0. The molecule has 2 fully saturated rings. The van der Waals surface area contributed by atoms with Gasteiger partial charge in [0.1, 0.15) is 0 Å². The van der Waals surface area contributed by atoms with Gasteiger partial charge in [-0.2, -0.15) is 5.10 Å². The van der Waals surface area contributed by atoms with Crippen LogP contribution in [-0.4, -0.2) is 82.9 Å². The number of ether oxygens (including phenoxy) is 2. The Labute approximate surface area is 183 Å². The molecule has 31 heavy (non-hydrogen) atoms. The summed E-state index contributed by atoms with van der Waals surface area (Å²) < 4.78 is 10.9. The largest absolute Gasteiger partial charge is 0.454 e. The molecule has 5 rings (SSSR count). The van der Waals surface area contributed by atoms with Gasteiger partial charge in [-0.15, -0.1) is 0 Å². The zero-order valence-electron chi connectivity index (χ0n) is 18.0. The third-order valence-corrected chi connectivity index (χ3v) is 6.70. The number of aryl methyl sites for hydroxylation is 1. The number of carbonyl (C=O) groups is 1. The van der Waals surface area contributed by atoms with Crippen molar-refractivity contribution < 1.29 is 14.3 Å². The molecule has 0 unspecified atom stereocenters. The van der Waals surface area contributed by atoms with E-state index in [9.17, 15) is 4.79 Å². The van der Waals surface area contributed by atoms with Crippen molar-refractivity contribution in [3.63, 3.8) is 0 Å². The molecule has 2 aromatic rings. The molecule has 0 aliphatic carbocycles. The maximum Gasteiger partial charge on any atom is 0.231 e. The summed E-state index contributed by atoms with van der Waals surface area (Å²) in [5.41, 5.74) is 2.37. The average Bonchev–Trinajstić information content (AvgIpc) is 3.50. The topological polar surface area (TPSA) is 73.9 Å². The number of carbonyl (C=O) groups excluding carboxylic acids is 1. The average molecular weight is 426 g/mol. The van der Waals surface area contributed by atoms with Crippen molar-refractivity contribution in [3.8, 4) is 11.5 Å². The second-order valence-electron chi connectivity index (χ2n) is 8.74. The van der Waals surface area contributed by atoms with Gasteiger partial charge in [0.25, 0.3) is 0 Å². The Morgan fingerprint density at radius 1 is 1.10 bits per heavy atom. The number of fused-ring (bicyclic) bond motifs is 1. The van der Waals surface area contributed by atoms with Crippen LogP contribution in [0.4, 0.5) is 0 Å². The number of benzene rings is 1. The van der Waals surface area contributed by atoms with Crippen LogP contribution in [0.3, 0.4) is 0 Å². The lowest BCUT2D eigenvalue weighted by Crippen LogP contribution is -2.55. The Morgan fingerprint density at radius 2 is 1.97 bits per heavy atom. The first kappa shape index (κ1) is 20.3. The summed E-state index contributed by atoms with van der Waals surface area (Å²) >= 11 is 0. The number of hydrogen-bond acceptors (Lipinski definition) is 6. The van der Waals surface area contributed by atoms with Crippen molar-refractivity contribution >= 4 is 5.91 Å². The maximum atomic E-state index is 12.7. The number of H-pyrrole nitrogens is 1. The fourth-order valence-electron chi connectivity index (χ4n) is 4.89. The second kappa shape index (κ2) is 9.28. The predicted octanol–water partition coefficient (Wildman–Crippen LogP) is 1.88. The molecule has 166 valence electrons. The molecule has 2 saturated heterocycles. The molecule has 1 atom stereocenters. The molecule has 1 amide bonds. The minimum Gasteiger partial charge on any atom is -0.454 e. The van der Waals surface area contributed by atoms with E-state index in [2.05, 4.69) is 37.0 Å². The third-order valence-electron chi connectivity index (χ3n) is 6.70. The monoisotopic (exact) mass is 425 g/mol. The Bertz CT molecular complexity index is 879. The first-order chi connectivity index (χ1) is 15.2. The molecule has 8 nitrogen and oxygen atoms in total. The summed E-state index contributed by atoms with van der Waals surface area (Å²) in [4.78, 5) is 19.9. The van der Waals surface area contributed by atoms with Gasteiger partial charge in [-0.1, -0.05) is 6.07 Å². The van der Waals surface area contributed by atoms with Crippen LogP contribution in [0.2, 0.25) is 0 Å². The van der Waals surface area contributed by atoms with Crippen molar-refractivity contribution in [1.29, 1.82) is 0 Å². The number of nitrogens with one attached hydrogen (secondary N) is 1. The molecule has 8 heteroatoms. The zero-order chi connectivity index (χ0) is 21.0. The lowest BCUT2D eigenvalue weighted by molar-refractivity contribution is -0.133. The summed E-state index contributed by atoms with van der Waals surface area (Å²) in [6, 6.07) is 6.73. The Hall–Kier alpha value is -2.58. The first-order valence-corrected chi connectivity index (χ1v) is 11.3. The van der Waals surface area contributed by atoms with Crippen LogP contribution in [-0.2, 0) is 17.8 Å². The highest BCUT2D eigenvalue weighted by Crippen LogP contribution is 2.33. The highest BCUT2D eigenvalue weighted by molar-refractivity contribution is 5.76. The van der Waals surface area contributed by atoms with Crippen molar-refractivity contribution in [2.24, 2.45) is 0 Å². The number of aromatic nitrogens is 2. The highest BCUT2D eigenvalue weighted by Gasteiger charge is 2.30. The normalized spacial score (nSPS) is 22.1. The van der Waals surface area contributed by atoms with Crippen LogP contribution in [0.5, 0.6) is 11.5 Å². The highest BCUT2D eigenvalue weighted by atomic mass is 16.7. The lowest BCUT2D eigenvalue weighted by Gasteiger charge is -2.43. The number of aromatic amines is 1. The number of amides is 1. The van der Waals surface area contributed by atoms with Gasteiger partial charge in [0.05, 0.1) is 6.20 Å². The third kappa shape index (κ3) is 4.85. The van der Waals surface area contributed by atoms with Gasteiger partial charge in [0.2, 0.25) is 12.7 Å². The minimum absolute atomic E-state index is 0.271. The number of likely N-dealkylation sites (tertiary alicyclic amines) is 1. The molecular formula is C23H31N5O3. The van der Waals surface area contributed by atoms with E-state index >= 15 is 0 Å². The summed E-state index contributed by atoms with van der Waals surface area (Å²) in [5.74, 6) is 1.97. The van der Waals surface area contributed by atoms with Crippen molar-refractivity contribution in [3.05, 3.63) is 41.7 Å². The van der Waals surface area contributed by atoms with Crippen LogP contribution in [0, 0.1) is 0 Å². The summed E-state index contributed by atoms with van der Waals surface area (Å²) in [5, 5.41) is 6.78. The number of piperazine rings is 1. The Morgan fingerprint density at radius 3 is 2.81 bits per heavy atom. The number of rotatable bonds is 6. The Balaban J connectivity index is 1.09. The van der Waals surface area contributed by atoms with Crippen LogP contribution < -0.4 is 9.47 Å². The van der Waals surface area contributed by atoms with E-state index in [0.29, 0.717) is 19.3 Å². The van der Waals surface area contributed by atoms with Crippen molar-refractivity contribution in [2.45, 2.75) is 38.3 Å².